The fraction of sp³-hybridized carbons (Fsp3) is 0.417. The Hall–Kier alpha value is -1.52. The summed E-state index contributed by atoms with van der Waals surface area (Å²) in [6.07, 6.45) is -2.71. The fourth-order valence-corrected chi connectivity index (χ4v) is 1.24. The van der Waals surface area contributed by atoms with Crippen LogP contribution in [0, 0.1) is 0 Å². The number of carbonyl (C=O) groups is 1. The second-order valence-electron chi connectivity index (χ2n) is 3.60. The zero-order valence-electron chi connectivity index (χ0n) is 9.38. The van der Waals surface area contributed by atoms with Gasteiger partial charge in [-0.05, 0) is 24.6 Å². The molecule has 0 atom stereocenters. The molecule has 0 amide bonds. The SMILES string of the molecule is CCCCC(=O)Oc1cccc(C(F)(F)F)c1. The van der Waals surface area contributed by atoms with Gasteiger partial charge in [0, 0.05) is 6.42 Å². The first-order valence-electron chi connectivity index (χ1n) is 5.31. The molecule has 0 aliphatic heterocycles. The maximum atomic E-state index is 12.4. The smallest absolute Gasteiger partial charge is 0.416 e. The van der Waals surface area contributed by atoms with E-state index in [1.54, 1.807) is 0 Å². The molecule has 0 spiro atoms. The summed E-state index contributed by atoms with van der Waals surface area (Å²) in [6.45, 7) is 1.91. The molecule has 0 saturated heterocycles. The second-order valence-corrected chi connectivity index (χ2v) is 3.60. The van der Waals surface area contributed by atoms with Gasteiger partial charge in [-0.25, -0.2) is 0 Å². The van der Waals surface area contributed by atoms with Gasteiger partial charge in [0.2, 0.25) is 0 Å². The molecule has 0 fully saturated rings. The summed E-state index contributed by atoms with van der Waals surface area (Å²) in [5.41, 5.74) is -0.821. The van der Waals surface area contributed by atoms with Crippen molar-refractivity contribution in [3.8, 4) is 5.75 Å². The zero-order chi connectivity index (χ0) is 12.9. The number of carbonyl (C=O) groups excluding carboxylic acids is 1. The molecule has 1 rings (SSSR count). The van der Waals surface area contributed by atoms with Crippen molar-refractivity contribution in [2.45, 2.75) is 32.4 Å². The highest BCUT2D eigenvalue weighted by atomic mass is 19.4. The predicted molar refractivity (Wildman–Crippen MR) is 56.6 cm³/mol. The highest BCUT2D eigenvalue weighted by Gasteiger charge is 2.30. The van der Waals surface area contributed by atoms with Crippen LogP contribution in [0.5, 0.6) is 5.75 Å². The highest BCUT2D eigenvalue weighted by molar-refractivity contribution is 5.72. The summed E-state index contributed by atoms with van der Waals surface area (Å²) < 4.78 is 41.9. The van der Waals surface area contributed by atoms with Crippen LogP contribution in [0.3, 0.4) is 0 Å². The molecule has 0 N–H and O–H groups in total. The van der Waals surface area contributed by atoms with Gasteiger partial charge in [-0.3, -0.25) is 4.79 Å². The average Bonchev–Trinajstić information content (AvgIpc) is 2.25. The number of hydrogen-bond acceptors (Lipinski definition) is 2. The Morgan fingerprint density at radius 3 is 2.65 bits per heavy atom. The summed E-state index contributed by atoms with van der Waals surface area (Å²) in [7, 11) is 0. The van der Waals surface area contributed by atoms with Gasteiger partial charge in [-0.1, -0.05) is 19.4 Å². The minimum absolute atomic E-state index is 0.0686. The van der Waals surface area contributed by atoms with Gasteiger partial charge >= 0.3 is 12.1 Å². The fourth-order valence-electron chi connectivity index (χ4n) is 1.24. The van der Waals surface area contributed by atoms with E-state index in [-0.39, 0.29) is 12.2 Å². The van der Waals surface area contributed by atoms with Crippen molar-refractivity contribution in [2.24, 2.45) is 0 Å². The first kappa shape index (κ1) is 13.5. The summed E-state index contributed by atoms with van der Waals surface area (Å²) >= 11 is 0. The normalized spacial score (nSPS) is 11.3. The van der Waals surface area contributed by atoms with Crippen LogP contribution in [0.4, 0.5) is 13.2 Å². The van der Waals surface area contributed by atoms with Gasteiger partial charge in [0.25, 0.3) is 0 Å². The monoisotopic (exact) mass is 246 g/mol. The molecular weight excluding hydrogens is 233 g/mol. The molecule has 0 aliphatic rings. The lowest BCUT2D eigenvalue weighted by Crippen LogP contribution is -2.09. The number of rotatable bonds is 4. The minimum atomic E-state index is -4.42. The van der Waals surface area contributed by atoms with Gasteiger partial charge < -0.3 is 4.74 Å². The Morgan fingerprint density at radius 2 is 2.06 bits per heavy atom. The van der Waals surface area contributed by atoms with Crippen LogP contribution in [0.2, 0.25) is 0 Å². The number of hydrogen-bond donors (Lipinski definition) is 0. The number of alkyl halides is 3. The first-order valence-corrected chi connectivity index (χ1v) is 5.31. The molecule has 5 heteroatoms. The van der Waals surface area contributed by atoms with Crippen molar-refractivity contribution in [2.75, 3.05) is 0 Å². The predicted octanol–water partition coefficient (Wildman–Crippen LogP) is 3.80. The van der Waals surface area contributed by atoms with Gasteiger partial charge in [-0.2, -0.15) is 13.2 Å². The maximum absolute atomic E-state index is 12.4. The van der Waals surface area contributed by atoms with Crippen LogP contribution in [-0.2, 0) is 11.0 Å². The van der Waals surface area contributed by atoms with Gasteiger partial charge in [0.1, 0.15) is 5.75 Å². The molecule has 0 radical (unpaired) electrons. The number of unbranched alkanes of at least 4 members (excludes halogenated alkanes) is 1. The van der Waals surface area contributed by atoms with Crippen molar-refractivity contribution in [1.29, 1.82) is 0 Å². The summed E-state index contributed by atoms with van der Waals surface area (Å²) in [5.74, 6) is -0.577. The molecule has 94 valence electrons. The Bertz CT molecular complexity index is 386. The number of ether oxygens (including phenoxy) is 1. The van der Waals surface area contributed by atoms with Crippen LogP contribution in [-0.4, -0.2) is 5.97 Å². The molecule has 1 aromatic carbocycles. The van der Waals surface area contributed by atoms with Crippen molar-refractivity contribution in [1.82, 2.24) is 0 Å². The van der Waals surface area contributed by atoms with Crippen molar-refractivity contribution >= 4 is 5.97 Å². The molecule has 1 aromatic rings. The Morgan fingerprint density at radius 1 is 1.35 bits per heavy atom. The van der Waals surface area contributed by atoms with E-state index in [1.807, 2.05) is 6.92 Å². The van der Waals surface area contributed by atoms with E-state index < -0.39 is 17.7 Å². The second kappa shape index (κ2) is 5.70. The summed E-state index contributed by atoms with van der Waals surface area (Å²) in [4.78, 5) is 11.2. The molecule has 0 aromatic heterocycles. The van der Waals surface area contributed by atoms with E-state index in [0.717, 1.165) is 18.6 Å². The largest absolute Gasteiger partial charge is 0.427 e. The Kier molecular flexibility index (Phi) is 4.54. The van der Waals surface area contributed by atoms with Crippen LogP contribution >= 0.6 is 0 Å². The third-order valence-corrected chi connectivity index (χ3v) is 2.13. The van der Waals surface area contributed by atoms with Gasteiger partial charge in [-0.15, -0.1) is 0 Å². The minimum Gasteiger partial charge on any atom is -0.427 e. The Balaban J connectivity index is 2.69. The summed E-state index contributed by atoms with van der Waals surface area (Å²) in [5, 5.41) is 0. The van der Waals surface area contributed by atoms with Crippen molar-refractivity contribution in [3.63, 3.8) is 0 Å². The van der Waals surface area contributed by atoms with E-state index in [0.29, 0.717) is 6.42 Å². The van der Waals surface area contributed by atoms with Crippen LogP contribution < -0.4 is 4.74 Å². The molecule has 0 aliphatic carbocycles. The molecule has 0 bridgehead atoms. The molecule has 0 saturated carbocycles. The highest BCUT2D eigenvalue weighted by Crippen LogP contribution is 2.31. The average molecular weight is 246 g/mol. The standard InChI is InChI=1S/C12H13F3O2/c1-2-3-7-11(16)17-10-6-4-5-9(8-10)12(13,14)15/h4-6,8H,2-3,7H2,1H3. The number of benzene rings is 1. The van der Waals surface area contributed by atoms with E-state index in [9.17, 15) is 18.0 Å². The van der Waals surface area contributed by atoms with E-state index in [1.165, 1.54) is 12.1 Å². The van der Waals surface area contributed by atoms with E-state index in [2.05, 4.69) is 0 Å². The molecule has 2 nitrogen and oxygen atoms in total. The van der Waals surface area contributed by atoms with E-state index in [4.69, 9.17) is 4.74 Å². The van der Waals surface area contributed by atoms with Gasteiger partial charge in [0.15, 0.2) is 0 Å². The zero-order valence-corrected chi connectivity index (χ0v) is 9.38. The van der Waals surface area contributed by atoms with Crippen molar-refractivity contribution in [3.05, 3.63) is 29.8 Å². The maximum Gasteiger partial charge on any atom is 0.416 e. The van der Waals surface area contributed by atoms with Crippen LogP contribution in [0.25, 0.3) is 0 Å². The van der Waals surface area contributed by atoms with Gasteiger partial charge in [0.05, 0.1) is 5.56 Å². The number of esters is 1. The molecule has 0 unspecified atom stereocenters. The lowest BCUT2D eigenvalue weighted by Gasteiger charge is -2.08. The lowest BCUT2D eigenvalue weighted by molar-refractivity contribution is -0.139. The van der Waals surface area contributed by atoms with Crippen LogP contribution in [0.1, 0.15) is 31.7 Å². The lowest BCUT2D eigenvalue weighted by atomic mass is 10.2. The molecule has 0 heterocycles. The number of halogens is 3. The quantitative estimate of drug-likeness (QED) is 0.596. The Labute approximate surface area is 97.4 Å². The summed E-state index contributed by atoms with van der Waals surface area (Å²) in [6, 6.07) is 4.30. The first-order chi connectivity index (χ1) is 7.93. The third-order valence-electron chi connectivity index (χ3n) is 2.13. The molecule has 17 heavy (non-hydrogen) atoms. The molecular formula is C12H13F3O2. The topological polar surface area (TPSA) is 26.3 Å². The third kappa shape index (κ3) is 4.46. The van der Waals surface area contributed by atoms with Crippen LogP contribution in [0.15, 0.2) is 24.3 Å². The van der Waals surface area contributed by atoms with Crippen molar-refractivity contribution < 1.29 is 22.7 Å². The van der Waals surface area contributed by atoms with E-state index >= 15 is 0 Å².